The summed E-state index contributed by atoms with van der Waals surface area (Å²) >= 11 is 5.93. The molecule has 2 N–H and O–H groups in total. The monoisotopic (exact) mass is 275 g/mol. The maximum atomic E-state index is 13.4. The first-order valence-electron chi connectivity index (χ1n) is 5.76. The molecule has 2 aromatic carbocycles. The molecule has 0 unspecified atom stereocenters. The van der Waals surface area contributed by atoms with E-state index in [1.54, 1.807) is 22.8 Å². The largest absolute Gasteiger partial charge is 0.369 e. The molecule has 96 valence electrons. The molecule has 1 heterocycles. The molecule has 0 saturated heterocycles. The number of anilines is 1. The molecule has 0 radical (unpaired) electrons. The second-order valence-corrected chi connectivity index (χ2v) is 4.81. The van der Waals surface area contributed by atoms with Crippen molar-refractivity contribution in [3.05, 3.63) is 52.8 Å². The topological polar surface area (TPSA) is 43.8 Å². The van der Waals surface area contributed by atoms with Crippen LogP contribution in [0.5, 0.6) is 0 Å². The Morgan fingerprint density at radius 3 is 2.79 bits per heavy atom. The molecule has 1 aromatic heterocycles. The van der Waals surface area contributed by atoms with Gasteiger partial charge in [0.1, 0.15) is 5.82 Å². The highest BCUT2D eigenvalue weighted by Gasteiger charge is 2.12. The SMILES string of the molecule is Cc1ccc(F)cc1-n1c(N)nc2cc(Cl)ccc21. The lowest BCUT2D eigenvalue weighted by molar-refractivity contribution is 0.626. The van der Waals surface area contributed by atoms with Crippen molar-refractivity contribution in [1.29, 1.82) is 0 Å². The highest BCUT2D eigenvalue weighted by atomic mass is 35.5. The van der Waals surface area contributed by atoms with Crippen LogP contribution < -0.4 is 5.73 Å². The molecule has 0 aliphatic carbocycles. The van der Waals surface area contributed by atoms with Crippen LogP contribution in [0.4, 0.5) is 10.3 Å². The number of hydrogen-bond donors (Lipinski definition) is 1. The predicted molar refractivity (Wildman–Crippen MR) is 75.2 cm³/mol. The Morgan fingerprint density at radius 2 is 2.00 bits per heavy atom. The van der Waals surface area contributed by atoms with Crippen LogP contribution in [0.3, 0.4) is 0 Å². The van der Waals surface area contributed by atoms with E-state index in [-0.39, 0.29) is 5.82 Å². The lowest BCUT2D eigenvalue weighted by Crippen LogP contribution is -2.03. The standard InChI is InChI=1S/C14H11ClFN3/c1-8-2-4-10(16)7-13(8)19-12-5-3-9(15)6-11(12)18-14(19)17/h2-7H,1H3,(H2,17,18). The third-order valence-corrected chi connectivity index (χ3v) is 3.29. The summed E-state index contributed by atoms with van der Waals surface area (Å²) in [6.45, 7) is 1.90. The Hall–Kier alpha value is -2.07. The van der Waals surface area contributed by atoms with Crippen molar-refractivity contribution in [1.82, 2.24) is 9.55 Å². The van der Waals surface area contributed by atoms with Crippen LogP contribution in [0.1, 0.15) is 5.56 Å². The predicted octanol–water partition coefficient (Wildman–Crippen LogP) is 3.71. The minimum Gasteiger partial charge on any atom is -0.369 e. The number of benzene rings is 2. The maximum absolute atomic E-state index is 13.4. The van der Waals surface area contributed by atoms with E-state index in [4.69, 9.17) is 17.3 Å². The van der Waals surface area contributed by atoms with Gasteiger partial charge >= 0.3 is 0 Å². The van der Waals surface area contributed by atoms with Crippen molar-refractivity contribution < 1.29 is 4.39 Å². The summed E-state index contributed by atoms with van der Waals surface area (Å²) in [6, 6.07) is 9.90. The summed E-state index contributed by atoms with van der Waals surface area (Å²) in [7, 11) is 0. The van der Waals surface area contributed by atoms with Crippen molar-refractivity contribution in [2.45, 2.75) is 6.92 Å². The molecule has 0 aliphatic heterocycles. The minimum absolute atomic E-state index is 0.309. The van der Waals surface area contributed by atoms with Gasteiger partial charge in [-0.2, -0.15) is 0 Å². The molecule has 0 spiro atoms. The van der Waals surface area contributed by atoms with Crippen molar-refractivity contribution in [3.63, 3.8) is 0 Å². The number of aromatic nitrogens is 2. The van der Waals surface area contributed by atoms with Crippen LogP contribution in [0.2, 0.25) is 5.02 Å². The average Bonchev–Trinajstić information content (AvgIpc) is 2.67. The molecule has 3 rings (SSSR count). The van der Waals surface area contributed by atoms with E-state index in [9.17, 15) is 4.39 Å². The second-order valence-electron chi connectivity index (χ2n) is 4.37. The van der Waals surface area contributed by atoms with E-state index >= 15 is 0 Å². The summed E-state index contributed by atoms with van der Waals surface area (Å²) in [5, 5.41) is 0.591. The molecule has 3 nitrogen and oxygen atoms in total. The molecular weight excluding hydrogens is 265 g/mol. The van der Waals surface area contributed by atoms with Crippen molar-refractivity contribution in [2.75, 3.05) is 5.73 Å². The highest BCUT2D eigenvalue weighted by Crippen LogP contribution is 2.27. The first-order chi connectivity index (χ1) is 9.06. The molecule has 5 heteroatoms. The van der Waals surface area contributed by atoms with Gasteiger partial charge in [-0.25, -0.2) is 9.37 Å². The summed E-state index contributed by atoms with van der Waals surface area (Å²) in [4.78, 5) is 4.25. The van der Waals surface area contributed by atoms with Crippen LogP contribution in [-0.4, -0.2) is 9.55 Å². The zero-order valence-electron chi connectivity index (χ0n) is 10.2. The fourth-order valence-corrected chi connectivity index (χ4v) is 2.32. The first kappa shape index (κ1) is 12.0. The van der Waals surface area contributed by atoms with Gasteiger partial charge in [-0.15, -0.1) is 0 Å². The summed E-state index contributed by atoms with van der Waals surface area (Å²) in [5.41, 5.74) is 9.03. The molecule has 19 heavy (non-hydrogen) atoms. The number of imidazole rings is 1. The highest BCUT2D eigenvalue weighted by molar-refractivity contribution is 6.31. The van der Waals surface area contributed by atoms with E-state index in [0.717, 1.165) is 11.1 Å². The molecule has 0 fully saturated rings. The number of rotatable bonds is 1. The molecule has 0 aliphatic rings. The normalized spacial score (nSPS) is 11.1. The van der Waals surface area contributed by atoms with Gasteiger partial charge in [-0.3, -0.25) is 4.57 Å². The smallest absolute Gasteiger partial charge is 0.205 e. The van der Waals surface area contributed by atoms with Crippen LogP contribution in [-0.2, 0) is 0 Å². The molecule has 0 bridgehead atoms. The third kappa shape index (κ3) is 1.94. The van der Waals surface area contributed by atoms with Crippen LogP contribution in [0, 0.1) is 12.7 Å². The first-order valence-corrected chi connectivity index (χ1v) is 6.14. The number of fused-ring (bicyclic) bond motifs is 1. The Morgan fingerprint density at radius 1 is 1.21 bits per heavy atom. The van der Waals surface area contributed by atoms with E-state index < -0.39 is 0 Å². The molecule has 0 amide bonds. The van der Waals surface area contributed by atoms with Gasteiger partial charge in [0.25, 0.3) is 0 Å². The Bertz CT molecular complexity index is 780. The Labute approximate surface area is 114 Å². The fourth-order valence-electron chi connectivity index (χ4n) is 2.15. The number of aryl methyl sites for hydroxylation is 1. The number of nitrogen functional groups attached to an aromatic ring is 1. The molecule has 3 aromatic rings. The number of halogens is 2. The quantitative estimate of drug-likeness (QED) is 0.736. The maximum Gasteiger partial charge on any atom is 0.205 e. The van der Waals surface area contributed by atoms with Gasteiger partial charge in [-0.05, 0) is 42.8 Å². The van der Waals surface area contributed by atoms with E-state index in [0.29, 0.717) is 22.2 Å². The summed E-state index contributed by atoms with van der Waals surface area (Å²) in [5.74, 6) is 0.00165. The number of nitrogens with two attached hydrogens (primary N) is 1. The Balaban J connectivity index is 2.36. The lowest BCUT2D eigenvalue weighted by atomic mass is 10.2. The zero-order valence-corrected chi connectivity index (χ0v) is 10.9. The second kappa shape index (κ2) is 4.24. The van der Waals surface area contributed by atoms with Gasteiger partial charge in [0, 0.05) is 5.02 Å². The number of nitrogens with zero attached hydrogens (tertiary/aromatic N) is 2. The molecule has 0 atom stereocenters. The summed E-state index contributed by atoms with van der Waals surface area (Å²) < 4.78 is 15.2. The van der Waals surface area contributed by atoms with E-state index in [1.165, 1.54) is 12.1 Å². The average molecular weight is 276 g/mol. The van der Waals surface area contributed by atoms with E-state index in [2.05, 4.69) is 4.98 Å². The van der Waals surface area contributed by atoms with Gasteiger partial charge in [0.05, 0.1) is 16.7 Å². The van der Waals surface area contributed by atoms with Crippen LogP contribution in [0.15, 0.2) is 36.4 Å². The summed E-state index contributed by atoms with van der Waals surface area (Å²) in [6.07, 6.45) is 0. The Kier molecular flexibility index (Phi) is 2.68. The van der Waals surface area contributed by atoms with Crippen LogP contribution >= 0.6 is 11.6 Å². The van der Waals surface area contributed by atoms with Gasteiger partial charge in [-0.1, -0.05) is 17.7 Å². The number of hydrogen-bond acceptors (Lipinski definition) is 2. The molecular formula is C14H11ClFN3. The zero-order chi connectivity index (χ0) is 13.6. The fraction of sp³-hybridized carbons (Fsp3) is 0.0714. The molecule has 0 saturated carbocycles. The third-order valence-electron chi connectivity index (χ3n) is 3.05. The van der Waals surface area contributed by atoms with Crippen molar-refractivity contribution in [3.8, 4) is 5.69 Å². The lowest BCUT2D eigenvalue weighted by Gasteiger charge is -2.10. The van der Waals surface area contributed by atoms with Crippen LogP contribution in [0.25, 0.3) is 16.7 Å². The van der Waals surface area contributed by atoms with Gasteiger partial charge < -0.3 is 5.73 Å². The van der Waals surface area contributed by atoms with Crippen molar-refractivity contribution in [2.24, 2.45) is 0 Å². The van der Waals surface area contributed by atoms with Gasteiger partial charge in [0.15, 0.2) is 0 Å². The van der Waals surface area contributed by atoms with E-state index in [1.807, 2.05) is 13.0 Å². The van der Waals surface area contributed by atoms with Crippen molar-refractivity contribution >= 4 is 28.6 Å². The minimum atomic E-state index is -0.309. The van der Waals surface area contributed by atoms with Gasteiger partial charge in [0.2, 0.25) is 5.95 Å².